The van der Waals surface area contributed by atoms with Crippen molar-refractivity contribution in [1.29, 1.82) is 0 Å². The number of aromatic amines is 1. The summed E-state index contributed by atoms with van der Waals surface area (Å²) < 4.78 is 5.57. The minimum atomic E-state index is -1.31. The fourth-order valence-electron chi connectivity index (χ4n) is 4.82. The number of nitrogens with one attached hydrogen (secondary N) is 2. The third-order valence-electron chi connectivity index (χ3n) is 6.69. The van der Waals surface area contributed by atoms with Crippen molar-refractivity contribution in [2.45, 2.75) is 58.1 Å². The molecular weight excluding hydrogens is 517 g/mol. The van der Waals surface area contributed by atoms with Gasteiger partial charge in [0.25, 0.3) is 0 Å². The van der Waals surface area contributed by atoms with Crippen LogP contribution in [0.25, 0.3) is 11.0 Å². The summed E-state index contributed by atoms with van der Waals surface area (Å²) in [6.45, 7) is 6.23. The Balaban J connectivity index is 0.00000420. The van der Waals surface area contributed by atoms with Crippen LogP contribution in [0.5, 0.6) is 0 Å². The van der Waals surface area contributed by atoms with E-state index in [9.17, 15) is 19.5 Å². The number of fused-ring (bicyclic) bond motifs is 1. The molecule has 1 saturated heterocycles. The first kappa shape index (κ1) is 30.5. The van der Waals surface area contributed by atoms with Gasteiger partial charge in [0.15, 0.2) is 0 Å². The first-order chi connectivity index (χ1) is 18.0. The van der Waals surface area contributed by atoms with Gasteiger partial charge in [0.05, 0.1) is 23.3 Å². The molecular formula is C27H31ClLiN5O5. The molecule has 1 aliphatic rings. The number of amides is 1. The number of hydrogen-bond donors (Lipinski definition) is 2. The zero-order valence-electron chi connectivity index (χ0n) is 22.6. The molecule has 4 rings (SSSR count). The molecule has 39 heavy (non-hydrogen) atoms. The fraction of sp³-hybridized carbons (Fsp3) is 0.444. The number of halogens is 1. The van der Waals surface area contributed by atoms with Crippen molar-refractivity contribution in [2.24, 2.45) is 5.41 Å². The molecule has 0 bridgehead atoms. The number of carboxylic acid groups (broad SMARTS) is 1. The van der Waals surface area contributed by atoms with E-state index >= 15 is 0 Å². The van der Waals surface area contributed by atoms with Crippen molar-refractivity contribution in [2.75, 3.05) is 18.0 Å². The summed E-state index contributed by atoms with van der Waals surface area (Å²) >= 11 is 5.99. The summed E-state index contributed by atoms with van der Waals surface area (Å²) in [7, 11) is 0. The van der Waals surface area contributed by atoms with Crippen LogP contribution in [-0.2, 0) is 19.1 Å². The maximum absolute atomic E-state index is 13.9. The van der Waals surface area contributed by atoms with Gasteiger partial charge in [-0.05, 0) is 57.4 Å². The number of H-pyrrole nitrogens is 1. The Morgan fingerprint density at radius 1 is 1.15 bits per heavy atom. The number of benzene rings is 1. The first-order valence-corrected chi connectivity index (χ1v) is 12.8. The van der Waals surface area contributed by atoms with Gasteiger partial charge >= 0.3 is 24.8 Å². The predicted octanol–water partition coefficient (Wildman–Crippen LogP) is -0.0688. The molecule has 10 nitrogen and oxygen atoms in total. The van der Waals surface area contributed by atoms with Crippen LogP contribution in [-0.4, -0.2) is 51.5 Å². The summed E-state index contributed by atoms with van der Waals surface area (Å²) in [5, 5.41) is 15.8. The van der Waals surface area contributed by atoms with Gasteiger partial charge in [0.1, 0.15) is 23.4 Å². The van der Waals surface area contributed by atoms with Crippen LogP contribution in [0, 0.1) is 5.41 Å². The smallest absolute Gasteiger partial charge is 0.550 e. The van der Waals surface area contributed by atoms with E-state index in [0.717, 1.165) is 11.2 Å². The number of esters is 1. The molecule has 202 valence electrons. The minimum Gasteiger partial charge on any atom is -0.550 e. The Kier molecular flexibility index (Phi) is 9.70. The quantitative estimate of drug-likeness (QED) is 0.295. The summed E-state index contributed by atoms with van der Waals surface area (Å²) in [6.07, 6.45) is 3.40. The van der Waals surface area contributed by atoms with Crippen molar-refractivity contribution in [3.8, 4) is 0 Å². The Labute approximate surface area is 244 Å². The second-order valence-electron chi connectivity index (χ2n) is 10.6. The van der Waals surface area contributed by atoms with Crippen LogP contribution in [0.2, 0.25) is 5.02 Å². The monoisotopic (exact) mass is 547 g/mol. The number of rotatable bonds is 8. The van der Waals surface area contributed by atoms with Crippen LogP contribution < -0.4 is 34.2 Å². The molecule has 0 saturated carbocycles. The van der Waals surface area contributed by atoms with Crippen molar-refractivity contribution >= 4 is 46.3 Å². The number of piperidine rings is 1. The number of carbonyl (C=O) groups is 3. The number of carbonyl (C=O) groups excluding carboxylic acids is 3. The van der Waals surface area contributed by atoms with E-state index in [1.54, 1.807) is 51.2 Å². The fourth-order valence-corrected chi connectivity index (χ4v) is 4.95. The largest absolute Gasteiger partial charge is 1.00 e. The van der Waals surface area contributed by atoms with Gasteiger partial charge < -0.3 is 29.8 Å². The summed E-state index contributed by atoms with van der Waals surface area (Å²) in [5.74, 6) is -1.45. The SMILES string of the molecule is CC(C)(C)OC(=O)CC1(C(=O)NC(CC(=O)[O-])c2ccc(Cl)cc2)CCN(c2ncnc3[nH]ccc23)CC1.[Li+]. The van der Waals surface area contributed by atoms with Gasteiger partial charge in [-0.1, -0.05) is 23.7 Å². The first-order valence-electron chi connectivity index (χ1n) is 12.5. The van der Waals surface area contributed by atoms with Gasteiger partial charge in [-0.15, -0.1) is 0 Å². The Morgan fingerprint density at radius 3 is 2.44 bits per heavy atom. The zero-order chi connectivity index (χ0) is 27.5. The standard InChI is InChI=1S/C27H32ClN5O5.Li/c1-26(2,3)38-22(36)15-27(25(37)32-20(14-21(34)35)17-4-6-18(28)7-5-17)9-12-33(13-10-27)24-19-8-11-29-23(19)30-16-31-24;/h4-8,11,16,20H,9-10,12-15H2,1-3H3,(H,32,37)(H,34,35)(H,29,30,31);/q;+1/p-1. The molecule has 1 aromatic carbocycles. The Hall–Kier alpha value is -3.06. The number of aliphatic carboxylic acids is 1. The van der Waals surface area contributed by atoms with Crippen molar-refractivity contribution in [1.82, 2.24) is 20.3 Å². The molecule has 12 heteroatoms. The Morgan fingerprint density at radius 2 is 1.82 bits per heavy atom. The number of carboxylic acids is 1. The van der Waals surface area contributed by atoms with Crippen LogP contribution in [0.4, 0.5) is 5.82 Å². The Bertz CT molecular complexity index is 1320. The van der Waals surface area contributed by atoms with Crippen LogP contribution in [0.3, 0.4) is 0 Å². The van der Waals surface area contributed by atoms with Gasteiger partial charge in [-0.25, -0.2) is 9.97 Å². The average Bonchev–Trinajstić information content (AvgIpc) is 3.32. The second kappa shape index (κ2) is 12.4. The van der Waals surface area contributed by atoms with Gasteiger partial charge in [0, 0.05) is 36.7 Å². The predicted molar refractivity (Wildman–Crippen MR) is 140 cm³/mol. The second-order valence-corrected chi connectivity index (χ2v) is 11.1. The molecule has 2 N–H and O–H groups in total. The number of ether oxygens (including phenoxy) is 1. The van der Waals surface area contributed by atoms with E-state index in [-0.39, 0.29) is 25.3 Å². The molecule has 1 aliphatic heterocycles. The van der Waals surface area contributed by atoms with Crippen LogP contribution in [0.15, 0.2) is 42.9 Å². The third-order valence-corrected chi connectivity index (χ3v) is 6.94. The molecule has 1 unspecified atom stereocenters. The third kappa shape index (κ3) is 7.53. The molecule has 0 spiro atoms. The van der Waals surface area contributed by atoms with E-state index in [1.165, 1.54) is 6.33 Å². The molecule has 0 aliphatic carbocycles. The van der Waals surface area contributed by atoms with Crippen molar-refractivity contribution < 1.29 is 43.1 Å². The summed E-state index contributed by atoms with van der Waals surface area (Å²) in [6, 6.07) is 7.64. The topological polar surface area (TPSA) is 140 Å². The van der Waals surface area contributed by atoms with Crippen LogP contribution >= 0.6 is 11.6 Å². The molecule has 3 aromatic rings. The summed E-state index contributed by atoms with van der Waals surface area (Å²) in [4.78, 5) is 52.2. The minimum absolute atomic E-state index is 0. The van der Waals surface area contributed by atoms with E-state index in [2.05, 4.69) is 25.2 Å². The number of hydrogen-bond acceptors (Lipinski definition) is 8. The van der Waals surface area contributed by atoms with E-state index < -0.39 is 41.3 Å². The van der Waals surface area contributed by atoms with Crippen LogP contribution in [0.1, 0.15) is 58.1 Å². The van der Waals surface area contributed by atoms with Crippen molar-refractivity contribution in [3.63, 3.8) is 0 Å². The number of anilines is 1. The number of nitrogens with zero attached hydrogens (tertiary/aromatic N) is 3. The molecule has 1 amide bonds. The van der Waals surface area contributed by atoms with Crippen molar-refractivity contribution in [3.05, 3.63) is 53.4 Å². The molecule has 1 atom stereocenters. The van der Waals surface area contributed by atoms with E-state index in [0.29, 0.717) is 42.2 Å². The molecule has 1 fully saturated rings. The van der Waals surface area contributed by atoms with Gasteiger partial charge in [-0.3, -0.25) is 9.59 Å². The maximum atomic E-state index is 13.9. The molecule has 2 aromatic heterocycles. The maximum Gasteiger partial charge on any atom is 1.00 e. The average molecular weight is 548 g/mol. The molecule has 3 heterocycles. The number of aromatic nitrogens is 3. The van der Waals surface area contributed by atoms with E-state index in [4.69, 9.17) is 16.3 Å². The van der Waals surface area contributed by atoms with E-state index in [1.807, 2.05) is 6.07 Å². The van der Waals surface area contributed by atoms with Gasteiger partial charge in [-0.2, -0.15) is 0 Å². The summed E-state index contributed by atoms with van der Waals surface area (Å²) in [5.41, 5.74) is -0.518. The molecule has 0 radical (unpaired) electrons. The zero-order valence-corrected chi connectivity index (χ0v) is 23.4. The normalized spacial score (nSPS) is 15.7. The van der Waals surface area contributed by atoms with Gasteiger partial charge in [0.2, 0.25) is 5.91 Å².